The summed E-state index contributed by atoms with van der Waals surface area (Å²) < 4.78 is 0. The van der Waals surface area contributed by atoms with E-state index in [2.05, 4.69) is 19.2 Å². The largest absolute Gasteiger partial charge is 0.391 e. The first-order valence-corrected chi connectivity index (χ1v) is 6.98. The van der Waals surface area contributed by atoms with E-state index in [0.717, 1.165) is 25.7 Å². The van der Waals surface area contributed by atoms with E-state index in [1.54, 1.807) is 0 Å². The number of aliphatic hydroxyl groups excluding tert-OH is 1. The summed E-state index contributed by atoms with van der Waals surface area (Å²) in [7, 11) is 0. The second-order valence-corrected chi connectivity index (χ2v) is 5.80. The minimum Gasteiger partial charge on any atom is -0.391 e. The number of nitrogens with one attached hydrogen (secondary N) is 1. The molecule has 1 amide bonds. The molecule has 2 N–H and O–H groups in total. The summed E-state index contributed by atoms with van der Waals surface area (Å²) in [5.74, 6) is 1.59. The second kappa shape index (κ2) is 7.00. The van der Waals surface area contributed by atoms with Crippen LogP contribution in [0.1, 0.15) is 52.9 Å². The first-order valence-electron chi connectivity index (χ1n) is 6.98. The third kappa shape index (κ3) is 5.07. The van der Waals surface area contributed by atoms with Crippen LogP contribution in [0.3, 0.4) is 0 Å². The molecule has 1 aliphatic rings. The molecule has 1 saturated carbocycles. The highest BCUT2D eigenvalue weighted by atomic mass is 16.3. The van der Waals surface area contributed by atoms with E-state index < -0.39 is 0 Å². The molecule has 100 valence electrons. The number of amides is 1. The lowest BCUT2D eigenvalue weighted by Crippen LogP contribution is -2.39. The third-order valence-electron chi connectivity index (χ3n) is 3.68. The fraction of sp³-hybridized carbons (Fsp3) is 0.929. The van der Waals surface area contributed by atoms with Gasteiger partial charge < -0.3 is 10.4 Å². The van der Waals surface area contributed by atoms with E-state index in [-0.39, 0.29) is 17.9 Å². The summed E-state index contributed by atoms with van der Waals surface area (Å²) >= 11 is 0. The first-order chi connectivity index (χ1) is 8.02. The molecule has 0 bridgehead atoms. The molecule has 17 heavy (non-hydrogen) atoms. The number of carbonyl (C=O) groups excluding carboxylic acids is 1. The van der Waals surface area contributed by atoms with Crippen LogP contribution in [-0.4, -0.2) is 23.7 Å². The smallest absolute Gasteiger partial charge is 0.223 e. The average Bonchev–Trinajstić information content (AvgIpc) is 2.25. The summed E-state index contributed by atoms with van der Waals surface area (Å²) in [6.45, 7) is 6.89. The second-order valence-electron chi connectivity index (χ2n) is 5.80. The summed E-state index contributed by atoms with van der Waals surface area (Å²) in [6.07, 6.45) is 4.57. The molecule has 0 saturated heterocycles. The van der Waals surface area contributed by atoms with E-state index in [1.807, 2.05) is 6.92 Å². The van der Waals surface area contributed by atoms with E-state index in [4.69, 9.17) is 0 Å². The molecule has 3 nitrogen and oxygen atoms in total. The molecule has 0 radical (unpaired) electrons. The Morgan fingerprint density at radius 2 is 1.88 bits per heavy atom. The van der Waals surface area contributed by atoms with Crippen molar-refractivity contribution in [3.63, 3.8) is 0 Å². The van der Waals surface area contributed by atoms with Crippen LogP contribution in [0.15, 0.2) is 0 Å². The van der Waals surface area contributed by atoms with Crippen LogP contribution in [0, 0.1) is 17.8 Å². The first kappa shape index (κ1) is 14.5. The van der Waals surface area contributed by atoms with Crippen molar-refractivity contribution in [3.05, 3.63) is 0 Å². The normalized spacial score (nSPS) is 30.9. The van der Waals surface area contributed by atoms with Gasteiger partial charge in [0.05, 0.1) is 6.10 Å². The van der Waals surface area contributed by atoms with Crippen molar-refractivity contribution < 1.29 is 9.90 Å². The number of carbonyl (C=O) groups is 1. The number of aliphatic hydroxyl groups is 1. The van der Waals surface area contributed by atoms with Gasteiger partial charge in [-0.2, -0.15) is 0 Å². The van der Waals surface area contributed by atoms with Crippen LogP contribution in [-0.2, 0) is 4.79 Å². The Kier molecular flexibility index (Phi) is 5.96. The van der Waals surface area contributed by atoms with Gasteiger partial charge in [0.2, 0.25) is 5.91 Å². The fourth-order valence-electron chi connectivity index (χ4n) is 2.96. The van der Waals surface area contributed by atoms with Crippen molar-refractivity contribution in [1.29, 1.82) is 0 Å². The van der Waals surface area contributed by atoms with Gasteiger partial charge in [-0.1, -0.05) is 27.2 Å². The molecule has 3 atom stereocenters. The zero-order valence-electron chi connectivity index (χ0n) is 11.4. The van der Waals surface area contributed by atoms with Crippen molar-refractivity contribution in [1.82, 2.24) is 5.32 Å². The number of hydrogen-bond acceptors (Lipinski definition) is 2. The molecular formula is C14H27NO2. The van der Waals surface area contributed by atoms with Gasteiger partial charge in [-0.25, -0.2) is 0 Å². The molecule has 0 aromatic rings. The summed E-state index contributed by atoms with van der Waals surface area (Å²) in [6, 6.07) is 0. The predicted octanol–water partition coefficient (Wildman–Crippen LogP) is 2.34. The Labute approximate surface area is 105 Å². The Hall–Kier alpha value is -0.570. The van der Waals surface area contributed by atoms with E-state index in [1.165, 1.54) is 6.42 Å². The molecule has 0 aromatic heterocycles. The summed E-state index contributed by atoms with van der Waals surface area (Å²) in [4.78, 5) is 12.0. The third-order valence-corrected chi connectivity index (χ3v) is 3.68. The van der Waals surface area contributed by atoms with Crippen LogP contribution in [0.25, 0.3) is 0 Å². The monoisotopic (exact) mass is 241 g/mol. The Bertz CT molecular complexity index is 232. The predicted molar refractivity (Wildman–Crippen MR) is 69.6 cm³/mol. The lowest BCUT2D eigenvalue weighted by atomic mass is 9.76. The highest BCUT2D eigenvalue weighted by Crippen LogP contribution is 2.32. The quantitative estimate of drug-likeness (QED) is 0.776. The zero-order chi connectivity index (χ0) is 12.8. The van der Waals surface area contributed by atoms with Gasteiger partial charge in [-0.3, -0.25) is 4.79 Å². The standard InChI is InChI=1S/C14H27NO2/c1-4-5-13(16)9-15-14(17)12-7-10(2)6-11(3)8-12/h10-13,16H,4-9H2,1-3H3,(H,15,17). The highest BCUT2D eigenvalue weighted by Gasteiger charge is 2.28. The van der Waals surface area contributed by atoms with Crippen molar-refractivity contribution >= 4 is 5.91 Å². The maximum absolute atomic E-state index is 12.0. The van der Waals surface area contributed by atoms with E-state index >= 15 is 0 Å². The maximum atomic E-state index is 12.0. The average molecular weight is 241 g/mol. The maximum Gasteiger partial charge on any atom is 0.223 e. The van der Waals surface area contributed by atoms with Crippen LogP contribution >= 0.6 is 0 Å². The van der Waals surface area contributed by atoms with Gasteiger partial charge in [0.15, 0.2) is 0 Å². The minimum absolute atomic E-state index is 0.138. The molecule has 0 aromatic carbocycles. The molecule has 1 fully saturated rings. The Balaban J connectivity index is 2.31. The lowest BCUT2D eigenvalue weighted by Gasteiger charge is -2.30. The SMILES string of the molecule is CCCC(O)CNC(=O)C1CC(C)CC(C)C1. The Morgan fingerprint density at radius 1 is 1.29 bits per heavy atom. The number of hydrogen-bond donors (Lipinski definition) is 2. The van der Waals surface area contributed by atoms with Crippen LogP contribution in [0.2, 0.25) is 0 Å². The molecule has 3 unspecified atom stereocenters. The van der Waals surface area contributed by atoms with Gasteiger partial charge in [0.1, 0.15) is 0 Å². The molecule has 1 aliphatic carbocycles. The van der Waals surface area contributed by atoms with Crippen LogP contribution < -0.4 is 5.32 Å². The molecule has 0 heterocycles. The summed E-state index contributed by atoms with van der Waals surface area (Å²) in [5.41, 5.74) is 0. The van der Waals surface area contributed by atoms with Crippen LogP contribution in [0.4, 0.5) is 0 Å². The zero-order valence-corrected chi connectivity index (χ0v) is 11.4. The molecule has 0 spiro atoms. The molecule has 1 rings (SSSR count). The topological polar surface area (TPSA) is 49.3 Å². The van der Waals surface area contributed by atoms with Crippen molar-refractivity contribution in [2.75, 3.05) is 6.54 Å². The molecule has 3 heteroatoms. The van der Waals surface area contributed by atoms with Crippen molar-refractivity contribution in [3.8, 4) is 0 Å². The minimum atomic E-state index is -0.387. The Morgan fingerprint density at radius 3 is 2.41 bits per heavy atom. The van der Waals surface area contributed by atoms with Gasteiger partial charge in [0.25, 0.3) is 0 Å². The lowest BCUT2D eigenvalue weighted by molar-refractivity contribution is -0.127. The van der Waals surface area contributed by atoms with Gasteiger partial charge >= 0.3 is 0 Å². The molecular weight excluding hydrogens is 214 g/mol. The van der Waals surface area contributed by atoms with E-state index in [9.17, 15) is 9.90 Å². The van der Waals surface area contributed by atoms with Gasteiger partial charge in [0, 0.05) is 12.5 Å². The summed E-state index contributed by atoms with van der Waals surface area (Å²) in [5, 5.41) is 12.5. The van der Waals surface area contributed by atoms with Crippen molar-refractivity contribution in [2.24, 2.45) is 17.8 Å². The van der Waals surface area contributed by atoms with Crippen LogP contribution in [0.5, 0.6) is 0 Å². The van der Waals surface area contributed by atoms with Gasteiger partial charge in [-0.05, 0) is 37.5 Å². The fourth-order valence-corrected chi connectivity index (χ4v) is 2.96. The van der Waals surface area contributed by atoms with E-state index in [0.29, 0.717) is 18.4 Å². The molecule has 0 aliphatic heterocycles. The van der Waals surface area contributed by atoms with Gasteiger partial charge in [-0.15, -0.1) is 0 Å². The highest BCUT2D eigenvalue weighted by molar-refractivity contribution is 5.78. The van der Waals surface area contributed by atoms with Crippen molar-refractivity contribution in [2.45, 2.75) is 59.0 Å². The number of rotatable bonds is 5.